The lowest BCUT2D eigenvalue weighted by Crippen LogP contribution is -2.34. The molecule has 94 valence electrons. The van der Waals surface area contributed by atoms with Gasteiger partial charge in [0.1, 0.15) is 5.82 Å². The molecule has 1 aliphatic heterocycles. The third-order valence-corrected chi connectivity index (χ3v) is 4.11. The highest BCUT2D eigenvalue weighted by molar-refractivity contribution is 7.99. The van der Waals surface area contributed by atoms with Crippen LogP contribution in [0.25, 0.3) is 0 Å². The Morgan fingerprint density at radius 1 is 1.29 bits per heavy atom. The van der Waals surface area contributed by atoms with Gasteiger partial charge >= 0.3 is 0 Å². The molecule has 1 atom stereocenters. The van der Waals surface area contributed by atoms with Gasteiger partial charge in [-0.2, -0.15) is 11.8 Å². The number of rotatable bonds is 4. The molecule has 1 aromatic carbocycles. The Labute approximate surface area is 106 Å². The van der Waals surface area contributed by atoms with Gasteiger partial charge in [-0.25, -0.2) is 4.39 Å². The number of benzene rings is 1. The van der Waals surface area contributed by atoms with Gasteiger partial charge in [0, 0.05) is 42.7 Å². The van der Waals surface area contributed by atoms with E-state index in [4.69, 9.17) is 5.73 Å². The fourth-order valence-corrected chi connectivity index (χ4v) is 3.06. The second kappa shape index (κ2) is 6.38. The molecule has 1 aromatic rings. The molecule has 0 bridgehead atoms. The summed E-state index contributed by atoms with van der Waals surface area (Å²) in [4.78, 5) is 2.41. The van der Waals surface area contributed by atoms with E-state index in [1.807, 2.05) is 17.8 Å². The maximum atomic E-state index is 13.5. The van der Waals surface area contributed by atoms with Crippen LogP contribution in [-0.2, 0) is 0 Å². The van der Waals surface area contributed by atoms with Crippen LogP contribution in [0.15, 0.2) is 24.3 Å². The molecule has 2 nitrogen and oxygen atoms in total. The highest BCUT2D eigenvalue weighted by Crippen LogP contribution is 2.18. The van der Waals surface area contributed by atoms with Gasteiger partial charge < -0.3 is 10.6 Å². The van der Waals surface area contributed by atoms with Crippen LogP contribution in [0.4, 0.5) is 4.39 Å². The number of thioether (sulfide) groups is 1. The van der Waals surface area contributed by atoms with Gasteiger partial charge in [0.05, 0.1) is 0 Å². The van der Waals surface area contributed by atoms with Crippen molar-refractivity contribution in [3.63, 3.8) is 0 Å². The topological polar surface area (TPSA) is 29.3 Å². The lowest BCUT2D eigenvalue weighted by molar-refractivity contribution is 0.289. The Morgan fingerprint density at radius 3 is 2.71 bits per heavy atom. The van der Waals surface area contributed by atoms with Crippen molar-refractivity contribution in [1.29, 1.82) is 0 Å². The fraction of sp³-hybridized carbons (Fsp3) is 0.538. The second-order valence-electron chi connectivity index (χ2n) is 4.37. The number of hydrogen-bond donors (Lipinski definition) is 1. The summed E-state index contributed by atoms with van der Waals surface area (Å²) in [6, 6.07) is 6.62. The summed E-state index contributed by atoms with van der Waals surface area (Å²) >= 11 is 2.00. The SMILES string of the molecule is NC(CCN1CCSCC1)c1ccccc1F. The van der Waals surface area contributed by atoms with Gasteiger partial charge in [-0.05, 0) is 12.5 Å². The zero-order chi connectivity index (χ0) is 12.1. The van der Waals surface area contributed by atoms with E-state index < -0.39 is 0 Å². The molecule has 0 radical (unpaired) electrons. The Morgan fingerprint density at radius 2 is 2.00 bits per heavy atom. The Hall–Kier alpha value is -0.580. The highest BCUT2D eigenvalue weighted by Gasteiger charge is 2.14. The molecule has 2 rings (SSSR count). The summed E-state index contributed by atoms with van der Waals surface area (Å²) in [7, 11) is 0. The summed E-state index contributed by atoms with van der Waals surface area (Å²) in [5, 5.41) is 0. The Bertz CT molecular complexity index is 353. The molecule has 1 fully saturated rings. The second-order valence-corrected chi connectivity index (χ2v) is 5.60. The van der Waals surface area contributed by atoms with E-state index >= 15 is 0 Å². The van der Waals surface area contributed by atoms with Gasteiger partial charge in [0.2, 0.25) is 0 Å². The minimum Gasteiger partial charge on any atom is -0.324 e. The third kappa shape index (κ3) is 3.69. The van der Waals surface area contributed by atoms with Gasteiger partial charge in [-0.15, -0.1) is 0 Å². The van der Waals surface area contributed by atoms with E-state index in [0.717, 1.165) is 26.1 Å². The molecule has 17 heavy (non-hydrogen) atoms. The number of hydrogen-bond acceptors (Lipinski definition) is 3. The van der Waals surface area contributed by atoms with E-state index in [0.29, 0.717) is 5.56 Å². The molecule has 2 N–H and O–H groups in total. The molecule has 1 heterocycles. The largest absolute Gasteiger partial charge is 0.324 e. The van der Waals surface area contributed by atoms with Crippen molar-refractivity contribution in [1.82, 2.24) is 4.90 Å². The predicted octanol–water partition coefficient (Wildman–Crippen LogP) is 2.26. The number of halogens is 1. The van der Waals surface area contributed by atoms with Crippen molar-refractivity contribution < 1.29 is 4.39 Å². The first-order valence-corrected chi connectivity index (χ1v) is 7.23. The summed E-state index contributed by atoms with van der Waals surface area (Å²) in [5.74, 6) is 2.22. The first-order valence-electron chi connectivity index (χ1n) is 6.07. The van der Waals surface area contributed by atoms with Gasteiger partial charge in [-0.1, -0.05) is 18.2 Å². The maximum Gasteiger partial charge on any atom is 0.127 e. The van der Waals surface area contributed by atoms with Crippen molar-refractivity contribution >= 4 is 11.8 Å². The smallest absolute Gasteiger partial charge is 0.127 e. The molecule has 0 saturated carbocycles. The fourth-order valence-electron chi connectivity index (χ4n) is 2.08. The minimum atomic E-state index is -0.189. The van der Waals surface area contributed by atoms with Crippen LogP contribution in [0.5, 0.6) is 0 Å². The quantitative estimate of drug-likeness (QED) is 0.893. The molecular weight excluding hydrogens is 235 g/mol. The number of nitrogens with zero attached hydrogens (tertiary/aromatic N) is 1. The predicted molar refractivity (Wildman–Crippen MR) is 71.7 cm³/mol. The molecule has 0 aromatic heterocycles. The molecule has 0 amide bonds. The van der Waals surface area contributed by atoms with E-state index in [-0.39, 0.29) is 11.9 Å². The van der Waals surface area contributed by atoms with Crippen LogP contribution in [-0.4, -0.2) is 36.0 Å². The van der Waals surface area contributed by atoms with Crippen LogP contribution in [0, 0.1) is 5.82 Å². The van der Waals surface area contributed by atoms with Gasteiger partial charge in [0.25, 0.3) is 0 Å². The van der Waals surface area contributed by atoms with E-state index in [1.165, 1.54) is 17.6 Å². The van der Waals surface area contributed by atoms with Crippen molar-refractivity contribution in [2.75, 3.05) is 31.1 Å². The molecule has 0 aliphatic carbocycles. The zero-order valence-corrected chi connectivity index (χ0v) is 10.8. The minimum absolute atomic E-state index is 0.186. The molecule has 0 spiro atoms. The van der Waals surface area contributed by atoms with Crippen LogP contribution < -0.4 is 5.73 Å². The van der Waals surface area contributed by atoms with Crippen LogP contribution in [0.3, 0.4) is 0 Å². The van der Waals surface area contributed by atoms with Gasteiger partial charge in [0.15, 0.2) is 0 Å². The Kier molecular flexibility index (Phi) is 4.83. The van der Waals surface area contributed by atoms with Crippen molar-refractivity contribution in [3.05, 3.63) is 35.6 Å². The molecular formula is C13H19FN2S. The summed E-state index contributed by atoms with van der Waals surface area (Å²) < 4.78 is 13.5. The Balaban J connectivity index is 1.84. The summed E-state index contributed by atoms with van der Waals surface area (Å²) in [5.41, 5.74) is 6.68. The van der Waals surface area contributed by atoms with E-state index in [1.54, 1.807) is 12.1 Å². The standard InChI is InChI=1S/C13H19FN2S/c14-12-4-2-1-3-11(12)13(15)5-6-16-7-9-17-10-8-16/h1-4,13H,5-10,15H2. The van der Waals surface area contributed by atoms with Crippen molar-refractivity contribution in [2.24, 2.45) is 5.73 Å². The summed E-state index contributed by atoms with van der Waals surface area (Å²) in [6.45, 7) is 3.24. The third-order valence-electron chi connectivity index (χ3n) is 3.16. The summed E-state index contributed by atoms with van der Waals surface area (Å²) in [6.07, 6.45) is 0.825. The maximum absolute atomic E-state index is 13.5. The lowest BCUT2D eigenvalue weighted by atomic mass is 10.0. The first-order chi connectivity index (χ1) is 8.27. The monoisotopic (exact) mass is 254 g/mol. The van der Waals surface area contributed by atoms with Crippen molar-refractivity contribution in [2.45, 2.75) is 12.5 Å². The highest BCUT2D eigenvalue weighted by atomic mass is 32.2. The van der Waals surface area contributed by atoms with Gasteiger partial charge in [-0.3, -0.25) is 0 Å². The van der Waals surface area contributed by atoms with Crippen molar-refractivity contribution in [3.8, 4) is 0 Å². The average Bonchev–Trinajstić information content (AvgIpc) is 2.38. The van der Waals surface area contributed by atoms with E-state index in [2.05, 4.69) is 4.90 Å². The average molecular weight is 254 g/mol. The lowest BCUT2D eigenvalue weighted by Gasteiger charge is -2.27. The molecule has 1 saturated heterocycles. The first kappa shape index (κ1) is 12.9. The molecule has 1 aliphatic rings. The van der Waals surface area contributed by atoms with Crippen LogP contribution in [0.1, 0.15) is 18.0 Å². The molecule has 4 heteroatoms. The number of nitrogens with two attached hydrogens (primary N) is 1. The normalized spacial score (nSPS) is 19.2. The van der Waals surface area contributed by atoms with E-state index in [9.17, 15) is 4.39 Å². The molecule has 1 unspecified atom stereocenters. The van der Waals surface area contributed by atoms with Crippen LogP contribution in [0.2, 0.25) is 0 Å². The van der Waals surface area contributed by atoms with Crippen LogP contribution >= 0.6 is 11.8 Å². The zero-order valence-electron chi connectivity index (χ0n) is 9.94.